The van der Waals surface area contributed by atoms with Crippen molar-refractivity contribution in [1.82, 2.24) is 4.48 Å². The first-order chi connectivity index (χ1) is 12.6. The Bertz CT molecular complexity index is 1100. The van der Waals surface area contributed by atoms with Crippen LogP contribution in [0.1, 0.15) is 36.4 Å². The van der Waals surface area contributed by atoms with E-state index >= 15 is 8.63 Å². The minimum Gasteiger partial charge on any atom is -0.393 e. The van der Waals surface area contributed by atoms with Gasteiger partial charge in [-0.25, -0.2) is 8.78 Å². The van der Waals surface area contributed by atoms with Crippen molar-refractivity contribution in [3.63, 3.8) is 0 Å². The number of aryl methyl sites for hydroxylation is 2. The molecule has 0 saturated heterocycles. The molecule has 2 aliphatic rings. The first kappa shape index (κ1) is 18.3. The third-order valence-electron chi connectivity index (χ3n) is 5.19. The summed E-state index contributed by atoms with van der Waals surface area (Å²) in [6, 6.07) is 3.92. The van der Waals surface area contributed by atoms with Crippen molar-refractivity contribution in [3.8, 4) is 0 Å². The van der Waals surface area contributed by atoms with Crippen molar-refractivity contribution in [3.05, 3.63) is 74.2 Å². The van der Waals surface area contributed by atoms with Crippen LogP contribution in [0.4, 0.5) is 17.4 Å². The molecule has 0 atom stereocenters. The summed E-state index contributed by atoms with van der Waals surface area (Å²) in [5, 5.41) is 0. The molecule has 140 valence electrons. The second-order valence-corrected chi connectivity index (χ2v) is 8.00. The fourth-order valence-corrected chi connectivity index (χ4v) is 4.72. The van der Waals surface area contributed by atoms with E-state index in [0.717, 1.165) is 21.1 Å². The van der Waals surface area contributed by atoms with Gasteiger partial charge in [-0.1, -0.05) is 15.9 Å². The van der Waals surface area contributed by atoms with Crippen LogP contribution in [0.15, 0.2) is 40.0 Å². The largest absolute Gasteiger partial charge is 0.737 e. The third-order valence-corrected chi connectivity index (χ3v) is 5.65. The number of allylic oxidation sites excluding steroid dienone is 2. The average molecular weight is 439 g/mol. The molecule has 4 rings (SSSR count). The molecule has 0 saturated carbocycles. The predicted molar refractivity (Wildman–Crippen MR) is 102 cm³/mol. The quantitative estimate of drug-likeness (QED) is 0.406. The minimum atomic E-state index is -4.17. The summed E-state index contributed by atoms with van der Waals surface area (Å²) in [7, 11) is 0. The smallest absolute Gasteiger partial charge is 0.393 e. The van der Waals surface area contributed by atoms with Gasteiger partial charge in [-0.2, -0.15) is 0 Å². The van der Waals surface area contributed by atoms with E-state index in [1.165, 1.54) is 0 Å². The maximum atomic E-state index is 15.5. The highest BCUT2D eigenvalue weighted by atomic mass is 79.9. The lowest BCUT2D eigenvalue weighted by molar-refractivity contribution is -0.363. The maximum absolute atomic E-state index is 15.5. The second kappa shape index (κ2) is 5.71. The molecular formula is C19H16BBrF4N2. The van der Waals surface area contributed by atoms with Crippen LogP contribution in [-0.2, 0) is 0 Å². The van der Waals surface area contributed by atoms with E-state index in [1.54, 1.807) is 39.8 Å². The summed E-state index contributed by atoms with van der Waals surface area (Å²) < 4.78 is 62.8. The van der Waals surface area contributed by atoms with Gasteiger partial charge < -0.3 is 17.6 Å². The molecule has 0 aliphatic carbocycles. The van der Waals surface area contributed by atoms with Crippen LogP contribution in [0.25, 0.3) is 5.57 Å². The number of nitrogens with zero attached hydrogens (tertiary/aromatic N) is 2. The highest BCUT2D eigenvalue weighted by Crippen LogP contribution is 2.45. The summed E-state index contributed by atoms with van der Waals surface area (Å²) >= 11 is 3.07. The van der Waals surface area contributed by atoms with E-state index < -0.39 is 18.6 Å². The van der Waals surface area contributed by atoms with Gasteiger partial charge in [0.2, 0.25) is 0 Å². The molecule has 0 radical (unpaired) electrons. The Labute approximate surface area is 162 Å². The zero-order valence-corrected chi connectivity index (χ0v) is 16.8. The van der Waals surface area contributed by atoms with Crippen LogP contribution in [0.2, 0.25) is 0 Å². The second-order valence-electron chi connectivity index (χ2n) is 7.08. The molecule has 1 aromatic heterocycles. The van der Waals surface area contributed by atoms with Crippen LogP contribution in [0, 0.1) is 25.5 Å². The Hall–Kier alpha value is -2.09. The Morgan fingerprint density at radius 3 is 2.19 bits per heavy atom. The first-order valence-electron chi connectivity index (χ1n) is 8.47. The molecule has 8 heteroatoms. The van der Waals surface area contributed by atoms with Crippen molar-refractivity contribution >= 4 is 34.2 Å². The summed E-state index contributed by atoms with van der Waals surface area (Å²) in [4.78, 5) is 0. The lowest BCUT2D eigenvalue weighted by Gasteiger charge is -2.34. The van der Waals surface area contributed by atoms with Crippen molar-refractivity contribution in [2.45, 2.75) is 27.7 Å². The molecule has 0 fully saturated rings. The van der Waals surface area contributed by atoms with Crippen molar-refractivity contribution in [1.29, 1.82) is 0 Å². The summed E-state index contributed by atoms with van der Waals surface area (Å²) in [5.74, 6) is -1.60. The van der Waals surface area contributed by atoms with Crippen LogP contribution in [0.3, 0.4) is 0 Å². The van der Waals surface area contributed by atoms with Gasteiger partial charge in [0, 0.05) is 28.7 Å². The van der Waals surface area contributed by atoms with Gasteiger partial charge in [0.15, 0.2) is 5.70 Å². The molecular weight excluding hydrogens is 423 g/mol. The SMILES string of the molecule is CC1=CC(C)=[N+]2C1=C(c1c(F)cc(Br)cc1F)c1c(C)cc(C)n1[B-]2(F)F. The molecule has 3 heterocycles. The van der Waals surface area contributed by atoms with Crippen molar-refractivity contribution in [2.24, 2.45) is 0 Å². The standard InChI is InChI=1S/C19H16BBrF4N2/c1-9-5-11(3)26-18(9)17(16-14(22)7-13(21)8-15(16)23)19-10(2)6-12(4)27(19)20(26,24)25/h5-8H,1-4H3. The predicted octanol–water partition coefficient (Wildman–Crippen LogP) is 5.57. The summed E-state index contributed by atoms with van der Waals surface area (Å²) in [6.07, 6.45) is 1.62. The molecule has 0 amide bonds. The van der Waals surface area contributed by atoms with Gasteiger partial charge in [-0.05, 0) is 50.2 Å². The zero-order valence-electron chi connectivity index (χ0n) is 15.2. The number of benzene rings is 1. The number of hydrogen-bond donors (Lipinski definition) is 0. The Morgan fingerprint density at radius 1 is 1.00 bits per heavy atom. The molecule has 2 nitrogen and oxygen atoms in total. The summed E-state index contributed by atoms with van der Waals surface area (Å²) in [6.45, 7) is 2.34. The molecule has 1 aromatic carbocycles. The Morgan fingerprint density at radius 2 is 1.59 bits per heavy atom. The number of halogens is 5. The molecule has 0 unspecified atom stereocenters. The van der Waals surface area contributed by atoms with Gasteiger partial charge in [-0.15, -0.1) is 0 Å². The van der Waals surface area contributed by atoms with Gasteiger partial charge in [0.25, 0.3) is 0 Å². The van der Waals surface area contributed by atoms with E-state index in [0.29, 0.717) is 22.5 Å². The molecule has 2 aromatic rings. The first-order valence-corrected chi connectivity index (χ1v) is 9.27. The molecule has 0 bridgehead atoms. The topological polar surface area (TPSA) is 7.94 Å². The van der Waals surface area contributed by atoms with Crippen LogP contribution in [0.5, 0.6) is 0 Å². The van der Waals surface area contributed by atoms with Gasteiger partial charge in [0.1, 0.15) is 17.3 Å². The Kier molecular flexibility index (Phi) is 3.86. The molecule has 2 aliphatic heterocycles. The number of rotatable bonds is 1. The van der Waals surface area contributed by atoms with Crippen molar-refractivity contribution in [2.75, 3.05) is 0 Å². The van der Waals surface area contributed by atoms with Gasteiger partial charge >= 0.3 is 6.97 Å². The van der Waals surface area contributed by atoms with Crippen LogP contribution < -0.4 is 0 Å². The molecule has 0 N–H and O–H groups in total. The number of aromatic nitrogens is 1. The van der Waals surface area contributed by atoms with Crippen LogP contribution >= 0.6 is 15.9 Å². The van der Waals surface area contributed by atoms with E-state index in [-0.39, 0.29) is 27.0 Å². The lowest BCUT2D eigenvalue weighted by Crippen LogP contribution is -2.51. The van der Waals surface area contributed by atoms with E-state index in [9.17, 15) is 8.78 Å². The van der Waals surface area contributed by atoms with E-state index in [4.69, 9.17) is 0 Å². The monoisotopic (exact) mass is 438 g/mol. The lowest BCUT2D eigenvalue weighted by atomic mass is 9.83. The highest BCUT2D eigenvalue weighted by Gasteiger charge is 2.55. The fraction of sp³-hybridized carbons (Fsp3) is 0.211. The average Bonchev–Trinajstić information content (AvgIpc) is 2.99. The number of fused-ring (bicyclic) bond motifs is 2. The minimum absolute atomic E-state index is 0.154. The van der Waals surface area contributed by atoms with Gasteiger partial charge in [-0.3, -0.25) is 0 Å². The zero-order chi connectivity index (χ0) is 19.8. The third kappa shape index (κ3) is 2.35. The van der Waals surface area contributed by atoms with Crippen molar-refractivity contribution < 1.29 is 21.9 Å². The maximum Gasteiger partial charge on any atom is 0.737 e. The Balaban J connectivity index is 2.23. The van der Waals surface area contributed by atoms with Gasteiger partial charge in [0.05, 0.1) is 11.1 Å². The van der Waals surface area contributed by atoms with Crippen LogP contribution in [-0.4, -0.2) is 21.6 Å². The molecule has 27 heavy (non-hydrogen) atoms. The number of hydrogen-bond acceptors (Lipinski definition) is 0. The normalized spacial score (nSPS) is 18.0. The highest BCUT2D eigenvalue weighted by molar-refractivity contribution is 9.10. The fourth-order valence-electron chi connectivity index (χ4n) is 4.32. The van der Waals surface area contributed by atoms with E-state index in [1.807, 2.05) is 0 Å². The summed E-state index contributed by atoms with van der Waals surface area (Å²) in [5.41, 5.74) is 1.97. The van der Waals surface area contributed by atoms with E-state index in [2.05, 4.69) is 15.9 Å². The molecule has 0 spiro atoms.